The number of anilines is 1. The van der Waals surface area contributed by atoms with Crippen molar-refractivity contribution in [2.75, 3.05) is 5.32 Å². The lowest BCUT2D eigenvalue weighted by atomic mass is 9.78. The van der Waals surface area contributed by atoms with E-state index in [-0.39, 0.29) is 5.56 Å². The van der Waals surface area contributed by atoms with Crippen molar-refractivity contribution in [2.24, 2.45) is 17.6 Å². The number of rotatable bonds is 5. The summed E-state index contributed by atoms with van der Waals surface area (Å²) in [5.41, 5.74) is 7.08. The SMILES string of the molecule is NC(=O)c1c(-c2ccc(Cl)cc2)csc1NC(=O)[C@H]1[C@H](C(=O)O)[C@H]2CC[C@H]1O2. The van der Waals surface area contributed by atoms with Crippen molar-refractivity contribution >= 4 is 45.7 Å². The zero-order chi connectivity index (χ0) is 20.0. The van der Waals surface area contributed by atoms with Crippen LogP contribution in [0.25, 0.3) is 11.1 Å². The van der Waals surface area contributed by atoms with E-state index in [0.717, 1.165) is 5.56 Å². The Morgan fingerprint density at radius 3 is 2.39 bits per heavy atom. The first-order valence-electron chi connectivity index (χ1n) is 8.73. The van der Waals surface area contributed by atoms with Crippen molar-refractivity contribution in [2.45, 2.75) is 25.0 Å². The number of fused-ring (bicyclic) bond motifs is 2. The molecule has 3 heterocycles. The van der Waals surface area contributed by atoms with Gasteiger partial charge in [0.25, 0.3) is 5.91 Å². The van der Waals surface area contributed by atoms with E-state index in [1.165, 1.54) is 11.3 Å². The van der Waals surface area contributed by atoms with Gasteiger partial charge in [0.1, 0.15) is 5.00 Å². The molecule has 4 rings (SSSR count). The lowest BCUT2D eigenvalue weighted by molar-refractivity contribution is -0.147. The van der Waals surface area contributed by atoms with Gasteiger partial charge in [0.15, 0.2) is 0 Å². The Labute approximate surface area is 169 Å². The van der Waals surface area contributed by atoms with Crippen molar-refractivity contribution in [3.05, 3.63) is 40.2 Å². The predicted octanol–water partition coefficient (Wildman–Crippen LogP) is 2.98. The van der Waals surface area contributed by atoms with Crippen molar-refractivity contribution < 1.29 is 24.2 Å². The molecule has 146 valence electrons. The summed E-state index contributed by atoms with van der Waals surface area (Å²) in [6.45, 7) is 0. The molecule has 0 spiro atoms. The maximum absolute atomic E-state index is 12.9. The molecule has 1 aromatic carbocycles. The van der Waals surface area contributed by atoms with Crippen molar-refractivity contribution in [1.82, 2.24) is 0 Å². The number of primary amides is 1. The normalized spacial score (nSPS) is 25.6. The summed E-state index contributed by atoms with van der Waals surface area (Å²) in [5, 5.41) is 14.8. The Balaban J connectivity index is 1.63. The van der Waals surface area contributed by atoms with Crippen LogP contribution in [0.2, 0.25) is 5.02 Å². The largest absolute Gasteiger partial charge is 0.481 e. The summed E-state index contributed by atoms with van der Waals surface area (Å²) in [6, 6.07) is 6.91. The van der Waals surface area contributed by atoms with Crippen LogP contribution < -0.4 is 11.1 Å². The van der Waals surface area contributed by atoms with Gasteiger partial charge in [-0.15, -0.1) is 11.3 Å². The number of amides is 2. The smallest absolute Gasteiger partial charge is 0.310 e. The number of hydrogen-bond donors (Lipinski definition) is 3. The number of aliphatic carboxylic acids is 1. The molecule has 2 bridgehead atoms. The second-order valence-electron chi connectivity index (χ2n) is 6.89. The molecular formula is C19H17ClN2O5S. The first-order chi connectivity index (χ1) is 13.4. The lowest BCUT2D eigenvalue weighted by Gasteiger charge is -2.23. The number of carbonyl (C=O) groups is 3. The highest BCUT2D eigenvalue weighted by Gasteiger charge is 2.55. The molecule has 1 aromatic heterocycles. The fourth-order valence-corrected chi connectivity index (χ4v) is 5.16. The third-order valence-corrected chi connectivity index (χ3v) is 6.44. The lowest BCUT2D eigenvalue weighted by Crippen LogP contribution is -2.41. The van der Waals surface area contributed by atoms with Crippen LogP contribution in [0.15, 0.2) is 29.6 Å². The van der Waals surface area contributed by atoms with Gasteiger partial charge in [-0.1, -0.05) is 23.7 Å². The van der Waals surface area contributed by atoms with E-state index in [1.54, 1.807) is 29.6 Å². The molecule has 2 amide bonds. The number of ether oxygens (including phenoxy) is 1. The van der Waals surface area contributed by atoms with Crippen molar-refractivity contribution in [1.29, 1.82) is 0 Å². The quantitative estimate of drug-likeness (QED) is 0.687. The average molecular weight is 421 g/mol. The van der Waals surface area contributed by atoms with Crippen LogP contribution in [-0.4, -0.2) is 35.1 Å². The summed E-state index contributed by atoms with van der Waals surface area (Å²) in [5.74, 6) is -3.87. The molecule has 2 aromatic rings. The minimum Gasteiger partial charge on any atom is -0.481 e. The van der Waals surface area contributed by atoms with Gasteiger partial charge < -0.3 is 20.9 Å². The maximum atomic E-state index is 12.9. The fraction of sp³-hybridized carbons (Fsp3) is 0.316. The number of nitrogens with one attached hydrogen (secondary N) is 1. The molecular weight excluding hydrogens is 404 g/mol. The van der Waals surface area contributed by atoms with Crippen LogP contribution in [0.3, 0.4) is 0 Å². The first kappa shape index (κ1) is 18.9. The van der Waals surface area contributed by atoms with Crippen LogP contribution >= 0.6 is 22.9 Å². The molecule has 2 fully saturated rings. The molecule has 28 heavy (non-hydrogen) atoms. The van der Waals surface area contributed by atoms with Gasteiger partial charge in [0.2, 0.25) is 5.91 Å². The third kappa shape index (κ3) is 3.17. The fourth-order valence-electron chi connectivity index (χ4n) is 4.06. The number of carbonyl (C=O) groups excluding carboxylic acids is 2. The minimum absolute atomic E-state index is 0.191. The van der Waals surface area contributed by atoms with E-state index in [1.807, 2.05) is 0 Å². The topological polar surface area (TPSA) is 119 Å². The summed E-state index contributed by atoms with van der Waals surface area (Å²) in [7, 11) is 0. The van der Waals surface area contributed by atoms with Crippen LogP contribution in [0.5, 0.6) is 0 Å². The second-order valence-corrected chi connectivity index (χ2v) is 8.21. The Hall–Kier alpha value is -2.42. The maximum Gasteiger partial charge on any atom is 0.310 e. The van der Waals surface area contributed by atoms with Crippen molar-refractivity contribution in [3.8, 4) is 11.1 Å². The number of halogens is 1. The molecule has 9 heteroatoms. The highest BCUT2D eigenvalue weighted by molar-refractivity contribution is 7.15. The molecule has 0 radical (unpaired) electrons. The van der Waals surface area contributed by atoms with Crippen LogP contribution in [0, 0.1) is 11.8 Å². The summed E-state index contributed by atoms with van der Waals surface area (Å²) in [4.78, 5) is 36.6. The first-order valence-corrected chi connectivity index (χ1v) is 9.99. The van der Waals surface area contributed by atoms with Crippen LogP contribution in [-0.2, 0) is 14.3 Å². The number of nitrogens with two attached hydrogens (primary N) is 1. The highest BCUT2D eigenvalue weighted by atomic mass is 35.5. The van der Waals surface area contributed by atoms with Gasteiger partial charge in [-0.25, -0.2) is 0 Å². The van der Waals surface area contributed by atoms with Gasteiger partial charge in [-0.2, -0.15) is 0 Å². The third-order valence-electron chi connectivity index (χ3n) is 5.29. The molecule has 2 aliphatic rings. The molecule has 4 atom stereocenters. The Kier molecular flexibility index (Phi) is 4.86. The number of carboxylic acids is 1. The summed E-state index contributed by atoms with van der Waals surface area (Å²) < 4.78 is 5.64. The number of carboxylic acid groups (broad SMARTS) is 1. The van der Waals surface area contributed by atoms with Crippen LogP contribution in [0.4, 0.5) is 5.00 Å². The average Bonchev–Trinajstić information content (AvgIpc) is 3.35. The van der Waals surface area contributed by atoms with E-state index < -0.39 is 41.8 Å². The Morgan fingerprint density at radius 1 is 1.14 bits per heavy atom. The number of thiophene rings is 1. The van der Waals surface area contributed by atoms with E-state index in [0.29, 0.717) is 28.4 Å². The minimum atomic E-state index is -1.05. The van der Waals surface area contributed by atoms with Gasteiger partial charge in [0.05, 0.1) is 29.6 Å². The van der Waals surface area contributed by atoms with E-state index in [9.17, 15) is 19.5 Å². The van der Waals surface area contributed by atoms with Gasteiger partial charge >= 0.3 is 5.97 Å². The van der Waals surface area contributed by atoms with Gasteiger partial charge in [-0.3, -0.25) is 14.4 Å². The van der Waals surface area contributed by atoms with Gasteiger partial charge in [0, 0.05) is 16.0 Å². The monoisotopic (exact) mass is 420 g/mol. The summed E-state index contributed by atoms with van der Waals surface area (Å²) in [6.07, 6.45) is 0.425. The zero-order valence-corrected chi connectivity index (χ0v) is 16.1. The van der Waals surface area contributed by atoms with Crippen LogP contribution in [0.1, 0.15) is 23.2 Å². The number of benzene rings is 1. The molecule has 0 unspecified atom stereocenters. The van der Waals surface area contributed by atoms with Crippen molar-refractivity contribution in [3.63, 3.8) is 0 Å². The highest BCUT2D eigenvalue weighted by Crippen LogP contribution is 2.45. The molecule has 7 nitrogen and oxygen atoms in total. The molecule has 4 N–H and O–H groups in total. The van der Waals surface area contributed by atoms with E-state index in [4.69, 9.17) is 22.1 Å². The molecule has 2 aliphatic heterocycles. The number of hydrogen-bond acceptors (Lipinski definition) is 5. The zero-order valence-electron chi connectivity index (χ0n) is 14.6. The Bertz CT molecular complexity index is 958. The summed E-state index contributed by atoms with van der Waals surface area (Å²) >= 11 is 7.08. The van der Waals surface area contributed by atoms with E-state index in [2.05, 4.69) is 5.32 Å². The van der Waals surface area contributed by atoms with E-state index >= 15 is 0 Å². The molecule has 2 saturated heterocycles. The Morgan fingerprint density at radius 2 is 1.79 bits per heavy atom. The molecule has 0 aliphatic carbocycles. The second kappa shape index (κ2) is 7.20. The standard InChI is InChI=1S/C19H17ClN2O5S/c20-9-3-1-8(2-4-9)10-7-28-18(13(10)16(21)23)22-17(24)14-11-5-6-12(27-11)15(14)19(25)26/h1-4,7,11-12,14-15H,5-6H2,(H2,21,23)(H,22,24)(H,25,26)/t11-,12-,14-,15-/m1/s1. The van der Waals surface area contributed by atoms with Gasteiger partial charge in [-0.05, 0) is 30.5 Å². The predicted molar refractivity (Wildman–Crippen MR) is 104 cm³/mol. The molecule has 0 saturated carbocycles.